The zero-order valence-electron chi connectivity index (χ0n) is 9.38. The molecule has 0 aliphatic carbocycles. The van der Waals surface area contributed by atoms with Crippen molar-refractivity contribution in [1.82, 2.24) is 0 Å². The number of nitrogen functional groups attached to an aromatic ring is 1. The van der Waals surface area contributed by atoms with Gasteiger partial charge in [0.25, 0.3) is 5.69 Å². The van der Waals surface area contributed by atoms with E-state index in [9.17, 15) is 15.2 Å². The molecule has 0 aromatic heterocycles. The van der Waals surface area contributed by atoms with Gasteiger partial charge < -0.3 is 21.3 Å². The van der Waals surface area contributed by atoms with Crippen molar-refractivity contribution >= 4 is 17.1 Å². The first kappa shape index (κ1) is 13.2. The highest BCUT2D eigenvalue weighted by Gasteiger charge is 2.19. The molecule has 5 N–H and O–H groups in total. The van der Waals surface area contributed by atoms with Gasteiger partial charge in [-0.15, -0.1) is 0 Å². The van der Waals surface area contributed by atoms with E-state index >= 15 is 0 Å². The van der Waals surface area contributed by atoms with Gasteiger partial charge in [-0.3, -0.25) is 10.1 Å². The van der Waals surface area contributed by atoms with E-state index in [1.165, 1.54) is 25.1 Å². The van der Waals surface area contributed by atoms with Gasteiger partial charge in [-0.1, -0.05) is 0 Å². The van der Waals surface area contributed by atoms with E-state index in [2.05, 4.69) is 5.32 Å². The highest BCUT2D eigenvalue weighted by atomic mass is 16.6. The van der Waals surface area contributed by atoms with Crippen molar-refractivity contribution in [2.24, 2.45) is 0 Å². The molecule has 0 saturated carbocycles. The van der Waals surface area contributed by atoms with E-state index in [0.29, 0.717) is 5.69 Å². The molecule has 1 aromatic carbocycles. The summed E-state index contributed by atoms with van der Waals surface area (Å²) in [6.07, 6.45) is 0. The molecule has 0 aliphatic rings. The van der Waals surface area contributed by atoms with E-state index in [-0.39, 0.29) is 24.5 Å². The van der Waals surface area contributed by atoms with Gasteiger partial charge in [-0.05, 0) is 19.1 Å². The van der Waals surface area contributed by atoms with Gasteiger partial charge in [0.2, 0.25) is 0 Å². The minimum absolute atomic E-state index is 0.0450. The molecule has 1 unspecified atom stereocenters. The number of anilines is 2. The van der Waals surface area contributed by atoms with E-state index in [1.807, 2.05) is 0 Å². The lowest BCUT2D eigenvalue weighted by Gasteiger charge is -2.21. The maximum Gasteiger partial charge on any atom is 0.292 e. The van der Waals surface area contributed by atoms with Crippen LogP contribution in [0.25, 0.3) is 0 Å². The number of hydrogen-bond acceptors (Lipinski definition) is 6. The average molecular weight is 241 g/mol. The van der Waals surface area contributed by atoms with E-state index in [1.54, 1.807) is 0 Å². The quantitative estimate of drug-likeness (QED) is 0.335. The van der Waals surface area contributed by atoms with E-state index in [0.717, 1.165) is 0 Å². The Balaban J connectivity index is 2.75. The monoisotopic (exact) mass is 241 g/mol. The summed E-state index contributed by atoms with van der Waals surface area (Å²) >= 11 is 0. The maximum absolute atomic E-state index is 10.5. The summed E-state index contributed by atoms with van der Waals surface area (Å²) in [7, 11) is 0. The maximum atomic E-state index is 10.5. The molecule has 0 spiro atoms. The van der Waals surface area contributed by atoms with Crippen molar-refractivity contribution in [1.29, 1.82) is 0 Å². The Labute approximate surface area is 98.0 Å². The summed E-state index contributed by atoms with van der Waals surface area (Å²) in [6.45, 7) is 1.19. The van der Waals surface area contributed by atoms with Crippen LogP contribution < -0.4 is 11.1 Å². The Morgan fingerprint density at radius 1 is 1.59 bits per heavy atom. The predicted octanol–water partition coefficient (Wildman–Crippen LogP) is 0.332. The third-order valence-corrected chi connectivity index (χ3v) is 2.24. The average Bonchev–Trinajstić information content (AvgIpc) is 2.26. The summed E-state index contributed by atoms with van der Waals surface area (Å²) in [4.78, 5) is 9.96. The summed E-state index contributed by atoms with van der Waals surface area (Å²) in [5.41, 5.74) is 4.67. The highest BCUT2D eigenvalue weighted by molar-refractivity contribution is 5.65. The summed E-state index contributed by atoms with van der Waals surface area (Å²) in [5.74, 6) is 0. The molecule has 0 amide bonds. The lowest BCUT2D eigenvalue weighted by atomic mass is 10.1. The first-order valence-electron chi connectivity index (χ1n) is 4.97. The van der Waals surface area contributed by atoms with Crippen molar-refractivity contribution in [2.45, 2.75) is 12.5 Å². The van der Waals surface area contributed by atoms with Crippen LogP contribution in [0.5, 0.6) is 0 Å². The van der Waals surface area contributed by atoms with Gasteiger partial charge in [0.05, 0.1) is 11.5 Å². The van der Waals surface area contributed by atoms with Gasteiger partial charge in [0.15, 0.2) is 0 Å². The van der Waals surface area contributed by atoms with Crippen LogP contribution in [0, 0.1) is 10.1 Å². The number of nitrogens with zero attached hydrogens (tertiary/aromatic N) is 1. The second kappa shape index (κ2) is 4.98. The molecule has 0 fully saturated rings. The number of nitro groups is 1. The highest BCUT2D eigenvalue weighted by Crippen LogP contribution is 2.24. The third kappa shape index (κ3) is 3.58. The number of nitrogens with two attached hydrogens (primary N) is 1. The van der Waals surface area contributed by atoms with Gasteiger partial charge in [0.1, 0.15) is 11.3 Å². The van der Waals surface area contributed by atoms with Crippen LogP contribution in [0.1, 0.15) is 6.92 Å². The molecule has 0 saturated heterocycles. The van der Waals surface area contributed by atoms with Crippen molar-refractivity contribution in [2.75, 3.05) is 24.2 Å². The molecule has 1 rings (SSSR count). The van der Waals surface area contributed by atoms with Crippen molar-refractivity contribution in [3.05, 3.63) is 28.3 Å². The largest absolute Gasteiger partial charge is 0.393 e. The van der Waals surface area contributed by atoms with Crippen LogP contribution >= 0.6 is 0 Å². The zero-order valence-corrected chi connectivity index (χ0v) is 9.38. The minimum atomic E-state index is -1.25. The van der Waals surface area contributed by atoms with Gasteiger partial charge in [-0.25, -0.2) is 0 Å². The molecule has 7 heteroatoms. The molecule has 1 atom stereocenters. The van der Waals surface area contributed by atoms with Crippen molar-refractivity contribution in [3.63, 3.8) is 0 Å². The fraction of sp³-hybridized carbons (Fsp3) is 0.400. The first-order valence-corrected chi connectivity index (χ1v) is 4.97. The molecular formula is C10H15N3O4. The molecule has 94 valence electrons. The topological polar surface area (TPSA) is 122 Å². The number of rotatable bonds is 5. The third-order valence-electron chi connectivity index (χ3n) is 2.24. The molecule has 17 heavy (non-hydrogen) atoms. The Morgan fingerprint density at radius 2 is 2.24 bits per heavy atom. The van der Waals surface area contributed by atoms with Gasteiger partial charge in [0, 0.05) is 18.3 Å². The number of aliphatic hydroxyl groups is 2. The summed E-state index contributed by atoms with van der Waals surface area (Å²) in [5, 5.41) is 31.7. The van der Waals surface area contributed by atoms with E-state index in [4.69, 9.17) is 10.8 Å². The molecule has 0 bridgehead atoms. The summed E-state index contributed by atoms with van der Waals surface area (Å²) in [6, 6.07) is 4.18. The van der Waals surface area contributed by atoms with Crippen LogP contribution in [0.4, 0.5) is 17.1 Å². The fourth-order valence-corrected chi connectivity index (χ4v) is 1.18. The van der Waals surface area contributed by atoms with Gasteiger partial charge >= 0.3 is 0 Å². The van der Waals surface area contributed by atoms with Gasteiger partial charge in [-0.2, -0.15) is 0 Å². The Bertz CT molecular complexity index is 420. The molecule has 7 nitrogen and oxygen atoms in total. The number of nitrogens with one attached hydrogen (secondary N) is 1. The number of aliphatic hydroxyl groups excluding tert-OH is 1. The van der Waals surface area contributed by atoms with Crippen LogP contribution in [-0.2, 0) is 0 Å². The smallest absolute Gasteiger partial charge is 0.292 e. The van der Waals surface area contributed by atoms with Crippen molar-refractivity contribution in [3.8, 4) is 0 Å². The zero-order chi connectivity index (χ0) is 13.1. The van der Waals surface area contributed by atoms with Crippen LogP contribution in [-0.4, -0.2) is 33.9 Å². The second-order valence-corrected chi connectivity index (χ2v) is 4.04. The Hall–Kier alpha value is -1.86. The van der Waals surface area contributed by atoms with Crippen LogP contribution in [0.3, 0.4) is 0 Å². The SMILES string of the molecule is CC(O)(CO)CNc1ccc([N+](=O)[O-])c(N)c1. The molecule has 0 radical (unpaired) electrons. The standard InChI is InChI=1S/C10H15N3O4/c1-10(15,6-14)5-12-7-2-3-9(13(16)17)8(11)4-7/h2-4,12,14-15H,5-6,11H2,1H3. The van der Waals surface area contributed by atoms with E-state index < -0.39 is 10.5 Å². The van der Waals surface area contributed by atoms with Crippen LogP contribution in [0.2, 0.25) is 0 Å². The van der Waals surface area contributed by atoms with Crippen LogP contribution in [0.15, 0.2) is 18.2 Å². The lowest BCUT2D eigenvalue weighted by Crippen LogP contribution is -2.37. The number of hydrogen-bond donors (Lipinski definition) is 4. The van der Waals surface area contributed by atoms with Crippen molar-refractivity contribution < 1.29 is 15.1 Å². The Morgan fingerprint density at radius 3 is 2.71 bits per heavy atom. The minimum Gasteiger partial charge on any atom is -0.393 e. The normalized spacial score (nSPS) is 14.1. The number of nitro benzene ring substituents is 1. The first-order chi connectivity index (χ1) is 7.85. The Kier molecular flexibility index (Phi) is 3.87. The predicted molar refractivity (Wildman–Crippen MR) is 63.7 cm³/mol. The lowest BCUT2D eigenvalue weighted by molar-refractivity contribution is -0.383. The number of benzene rings is 1. The summed E-state index contributed by atoms with van der Waals surface area (Å²) < 4.78 is 0. The fourth-order valence-electron chi connectivity index (χ4n) is 1.18. The molecule has 0 aliphatic heterocycles. The molecule has 0 heterocycles. The molecule has 1 aromatic rings. The second-order valence-electron chi connectivity index (χ2n) is 4.04. The molecular weight excluding hydrogens is 226 g/mol.